The molecule has 1 aliphatic rings. The van der Waals surface area contributed by atoms with Crippen molar-refractivity contribution in [1.82, 2.24) is 29.9 Å². The third kappa shape index (κ3) is 7.88. The standard InChI is InChI=1S/C39H47N7O5/c1-5-7-22-45(23-8-6-2)26-41-37-36-38(43-44-42-37)46(27-40-36)35-24-33(47)34(51-35)25-50-39(28-12-10-9-11-13-28,29-14-18-31(48-3)19-15-29)30-16-20-32(49-4)21-17-30/h9-21,26-27,33-35,47H,5-8,22-25H2,1-4H3/t33?,34-,35-/m1/s1. The van der Waals surface area contributed by atoms with E-state index >= 15 is 0 Å². The second-order valence-corrected chi connectivity index (χ2v) is 12.7. The fraction of sp³-hybridized carbons (Fsp3) is 0.410. The quantitative estimate of drug-likeness (QED) is 0.0659. The van der Waals surface area contributed by atoms with Crippen LogP contribution in [0.3, 0.4) is 0 Å². The molecule has 0 spiro atoms. The Morgan fingerprint density at radius 3 is 2.08 bits per heavy atom. The molecule has 3 atom stereocenters. The Hall–Kier alpha value is -4.91. The summed E-state index contributed by atoms with van der Waals surface area (Å²) in [4.78, 5) is 11.5. The summed E-state index contributed by atoms with van der Waals surface area (Å²) in [6.45, 7) is 6.30. The maximum absolute atomic E-state index is 11.4. The number of aliphatic hydroxyl groups is 1. The summed E-state index contributed by atoms with van der Waals surface area (Å²) in [5.41, 5.74) is 2.66. The van der Waals surface area contributed by atoms with Gasteiger partial charge in [0.25, 0.3) is 0 Å². The van der Waals surface area contributed by atoms with Crippen LogP contribution < -0.4 is 9.47 Å². The molecule has 3 aromatic carbocycles. The number of hydrogen-bond donors (Lipinski definition) is 1. The highest BCUT2D eigenvalue weighted by Gasteiger charge is 2.42. The first-order valence-corrected chi connectivity index (χ1v) is 17.7. The second-order valence-electron chi connectivity index (χ2n) is 12.7. The first-order chi connectivity index (χ1) is 25.0. The van der Waals surface area contributed by atoms with Crippen molar-refractivity contribution in [3.05, 3.63) is 102 Å². The van der Waals surface area contributed by atoms with Crippen LogP contribution in [-0.4, -0.2) is 87.4 Å². The molecule has 1 saturated heterocycles. The molecule has 12 heteroatoms. The molecule has 1 aliphatic heterocycles. The highest BCUT2D eigenvalue weighted by atomic mass is 16.6. The Morgan fingerprint density at radius 2 is 1.49 bits per heavy atom. The number of unbranched alkanes of at least 4 members (excludes halogenated alkanes) is 2. The van der Waals surface area contributed by atoms with Gasteiger partial charge in [-0.2, -0.15) is 0 Å². The van der Waals surface area contributed by atoms with Crippen LogP contribution in [0.1, 0.15) is 68.9 Å². The number of fused-ring (bicyclic) bond motifs is 1. The maximum Gasteiger partial charge on any atom is 0.207 e. The third-order valence-electron chi connectivity index (χ3n) is 9.35. The van der Waals surface area contributed by atoms with Gasteiger partial charge in [-0.05, 0) is 59.0 Å². The molecular weight excluding hydrogens is 646 g/mol. The monoisotopic (exact) mass is 693 g/mol. The normalized spacial score (nSPS) is 17.7. The van der Waals surface area contributed by atoms with Crippen LogP contribution in [0.2, 0.25) is 0 Å². The van der Waals surface area contributed by atoms with E-state index in [1.807, 2.05) is 85.2 Å². The van der Waals surface area contributed by atoms with Crippen molar-refractivity contribution in [2.75, 3.05) is 33.9 Å². The van der Waals surface area contributed by atoms with Gasteiger partial charge in [-0.25, -0.2) is 9.98 Å². The zero-order valence-electron chi connectivity index (χ0n) is 29.8. The number of aliphatic imine (C=N–C) groups is 1. The van der Waals surface area contributed by atoms with Crippen molar-refractivity contribution in [2.45, 2.75) is 70.0 Å². The molecule has 6 rings (SSSR count). The lowest BCUT2D eigenvalue weighted by Gasteiger charge is -2.37. The topological polar surface area (TPSA) is 129 Å². The molecule has 2 aromatic heterocycles. The molecule has 0 aliphatic carbocycles. The van der Waals surface area contributed by atoms with Crippen LogP contribution in [0.15, 0.2) is 90.2 Å². The van der Waals surface area contributed by atoms with Crippen LogP contribution in [0.4, 0.5) is 5.82 Å². The van der Waals surface area contributed by atoms with E-state index in [0.29, 0.717) is 23.4 Å². The molecule has 0 saturated carbocycles. The van der Waals surface area contributed by atoms with E-state index < -0.39 is 24.0 Å². The molecule has 51 heavy (non-hydrogen) atoms. The van der Waals surface area contributed by atoms with Gasteiger partial charge in [0.1, 0.15) is 29.4 Å². The minimum atomic E-state index is -1.05. The predicted octanol–water partition coefficient (Wildman–Crippen LogP) is 6.46. The largest absolute Gasteiger partial charge is 0.497 e. The fourth-order valence-electron chi connectivity index (χ4n) is 6.47. The third-order valence-corrected chi connectivity index (χ3v) is 9.35. The SMILES string of the molecule is CCCCN(C=Nc1nnnc2c1ncn2[C@H]1CC(O)[C@@H](COC(c2ccccc2)(c2ccc(OC)cc2)c2ccc(OC)cc2)O1)CCCC. The number of ether oxygens (including phenoxy) is 4. The highest BCUT2D eigenvalue weighted by Crippen LogP contribution is 2.43. The van der Waals surface area contributed by atoms with Crippen molar-refractivity contribution in [3.63, 3.8) is 0 Å². The van der Waals surface area contributed by atoms with E-state index in [9.17, 15) is 5.11 Å². The molecular formula is C39H47N7O5. The highest BCUT2D eigenvalue weighted by molar-refractivity contribution is 5.82. The Morgan fingerprint density at radius 1 is 0.882 bits per heavy atom. The van der Waals surface area contributed by atoms with Gasteiger partial charge in [-0.3, -0.25) is 4.57 Å². The second kappa shape index (κ2) is 16.9. The van der Waals surface area contributed by atoms with Crippen molar-refractivity contribution >= 4 is 23.3 Å². The first-order valence-electron chi connectivity index (χ1n) is 17.7. The summed E-state index contributed by atoms with van der Waals surface area (Å²) >= 11 is 0. The Kier molecular flexibility index (Phi) is 11.9. The smallest absolute Gasteiger partial charge is 0.207 e. The van der Waals surface area contributed by atoms with E-state index in [-0.39, 0.29) is 6.61 Å². The number of rotatable bonds is 17. The average Bonchev–Trinajstić information content (AvgIpc) is 3.79. The van der Waals surface area contributed by atoms with Gasteiger partial charge in [-0.1, -0.05) is 81.3 Å². The van der Waals surface area contributed by atoms with Gasteiger partial charge in [0.2, 0.25) is 5.82 Å². The number of nitrogens with zero attached hydrogens (tertiary/aromatic N) is 7. The minimum Gasteiger partial charge on any atom is -0.497 e. The van der Waals surface area contributed by atoms with E-state index in [2.05, 4.69) is 44.1 Å². The lowest BCUT2D eigenvalue weighted by Crippen LogP contribution is -2.38. The van der Waals surface area contributed by atoms with Crippen LogP contribution in [0.5, 0.6) is 11.5 Å². The van der Waals surface area contributed by atoms with Gasteiger partial charge in [0, 0.05) is 19.5 Å². The Labute approximate surface area is 299 Å². The summed E-state index contributed by atoms with van der Waals surface area (Å²) in [6, 6.07) is 25.7. The maximum atomic E-state index is 11.4. The van der Waals surface area contributed by atoms with Gasteiger partial charge >= 0.3 is 0 Å². The van der Waals surface area contributed by atoms with Gasteiger partial charge in [0.15, 0.2) is 11.2 Å². The lowest BCUT2D eigenvalue weighted by molar-refractivity contribution is -0.0931. The average molecular weight is 694 g/mol. The fourth-order valence-corrected chi connectivity index (χ4v) is 6.47. The molecule has 3 heterocycles. The molecule has 1 N–H and O–H groups in total. The van der Waals surface area contributed by atoms with Crippen LogP contribution in [0.25, 0.3) is 11.2 Å². The van der Waals surface area contributed by atoms with Crippen LogP contribution in [-0.2, 0) is 15.1 Å². The molecule has 0 radical (unpaired) electrons. The summed E-state index contributed by atoms with van der Waals surface area (Å²) < 4.78 is 26.3. The van der Waals surface area contributed by atoms with Crippen LogP contribution in [0, 0.1) is 0 Å². The molecule has 1 fully saturated rings. The number of hydrogen-bond acceptors (Lipinski definition) is 10. The van der Waals surface area contributed by atoms with Crippen molar-refractivity contribution in [3.8, 4) is 11.5 Å². The molecule has 0 bridgehead atoms. The summed E-state index contributed by atoms with van der Waals surface area (Å²) in [5.74, 6) is 1.86. The minimum absolute atomic E-state index is 0.0887. The van der Waals surface area contributed by atoms with Crippen molar-refractivity contribution in [1.29, 1.82) is 0 Å². The van der Waals surface area contributed by atoms with Crippen molar-refractivity contribution in [2.24, 2.45) is 4.99 Å². The summed E-state index contributed by atoms with van der Waals surface area (Å²) in [7, 11) is 3.29. The van der Waals surface area contributed by atoms with E-state index in [1.165, 1.54) is 0 Å². The zero-order valence-corrected chi connectivity index (χ0v) is 29.8. The molecule has 0 amide bonds. The number of benzene rings is 3. The molecule has 268 valence electrons. The zero-order chi connectivity index (χ0) is 35.6. The predicted molar refractivity (Wildman–Crippen MR) is 195 cm³/mol. The number of aliphatic hydroxyl groups excluding tert-OH is 1. The van der Waals surface area contributed by atoms with E-state index in [1.54, 1.807) is 25.1 Å². The molecule has 1 unspecified atom stereocenters. The van der Waals surface area contributed by atoms with Gasteiger partial charge in [0.05, 0.1) is 39.6 Å². The summed E-state index contributed by atoms with van der Waals surface area (Å²) in [5, 5.41) is 23.8. The summed E-state index contributed by atoms with van der Waals surface area (Å²) in [6.07, 6.45) is 6.17. The number of methoxy groups -OCH3 is 2. The Balaban J connectivity index is 1.27. The van der Waals surface area contributed by atoms with Gasteiger partial charge in [-0.15, -0.1) is 10.2 Å². The van der Waals surface area contributed by atoms with Crippen LogP contribution >= 0.6 is 0 Å². The number of imidazole rings is 1. The van der Waals surface area contributed by atoms with E-state index in [4.69, 9.17) is 18.9 Å². The van der Waals surface area contributed by atoms with Gasteiger partial charge < -0.3 is 29.0 Å². The van der Waals surface area contributed by atoms with Crippen molar-refractivity contribution < 1.29 is 24.1 Å². The van der Waals surface area contributed by atoms with E-state index in [0.717, 1.165) is 67.0 Å². The lowest BCUT2D eigenvalue weighted by atomic mass is 9.80. The molecule has 12 nitrogen and oxygen atoms in total. The Bertz CT molecular complexity index is 1790. The molecule has 5 aromatic rings. The first kappa shape index (κ1) is 35.9. The number of aromatic nitrogens is 5.